The van der Waals surface area contributed by atoms with E-state index in [-0.39, 0.29) is 0 Å². The summed E-state index contributed by atoms with van der Waals surface area (Å²) < 4.78 is 12.3. The van der Waals surface area contributed by atoms with Crippen molar-refractivity contribution in [2.45, 2.75) is 67.5 Å². The second-order valence-electron chi connectivity index (χ2n) is 4.73. The van der Waals surface area contributed by atoms with Crippen molar-refractivity contribution in [2.24, 2.45) is 5.41 Å². The highest BCUT2D eigenvalue weighted by atomic mass is 19.1. The van der Waals surface area contributed by atoms with Crippen LogP contribution in [0.3, 0.4) is 0 Å². The van der Waals surface area contributed by atoms with E-state index in [1.54, 1.807) is 6.20 Å². The molecule has 0 aromatic carbocycles. The molecule has 0 spiro atoms. The summed E-state index contributed by atoms with van der Waals surface area (Å²) in [6, 6.07) is 0. The lowest BCUT2D eigenvalue weighted by molar-refractivity contribution is 0.310. The molecule has 1 aliphatic carbocycles. The zero-order valence-electron chi connectivity index (χ0n) is 12.7. The summed E-state index contributed by atoms with van der Waals surface area (Å²) in [5.74, 6) is 0.323. The molecule has 0 unspecified atom stereocenters. The molecule has 18 heavy (non-hydrogen) atoms. The van der Waals surface area contributed by atoms with Gasteiger partial charge in [0.25, 0.3) is 0 Å². The van der Waals surface area contributed by atoms with Gasteiger partial charge in [-0.15, -0.1) is 0 Å². The van der Waals surface area contributed by atoms with Gasteiger partial charge in [-0.2, -0.15) is 0 Å². The van der Waals surface area contributed by atoms with Crippen molar-refractivity contribution in [1.29, 1.82) is 0 Å². The zero-order valence-corrected chi connectivity index (χ0v) is 12.7. The lowest BCUT2D eigenvalue weighted by atomic mass is 9.76. The summed E-state index contributed by atoms with van der Waals surface area (Å²) in [6.45, 7) is 11.9. The summed E-state index contributed by atoms with van der Waals surface area (Å²) >= 11 is 0. The molecule has 0 saturated heterocycles. The largest absolute Gasteiger partial charge is 0.242 e. The van der Waals surface area contributed by atoms with Crippen LogP contribution < -0.4 is 0 Å². The average molecular weight is 254 g/mol. The third kappa shape index (κ3) is 4.71. The van der Waals surface area contributed by atoms with Crippen LogP contribution in [-0.2, 0) is 19.5 Å². The summed E-state index contributed by atoms with van der Waals surface area (Å²) in [4.78, 5) is 8.20. The van der Waals surface area contributed by atoms with E-state index in [1.165, 1.54) is 5.56 Å². The van der Waals surface area contributed by atoms with Crippen molar-refractivity contribution in [3.8, 4) is 0 Å². The number of aryl methyl sites for hydroxylation is 1. The molecule has 0 atom stereocenters. The van der Waals surface area contributed by atoms with Crippen LogP contribution in [0.1, 0.15) is 65.0 Å². The van der Waals surface area contributed by atoms with Crippen LogP contribution in [0.4, 0.5) is 4.39 Å². The van der Waals surface area contributed by atoms with Crippen LogP contribution in [0.2, 0.25) is 0 Å². The van der Waals surface area contributed by atoms with Gasteiger partial charge in [-0.25, -0.2) is 14.4 Å². The molecule has 104 valence electrons. The number of aromatic nitrogens is 2. The van der Waals surface area contributed by atoms with E-state index in [1.807, 2.05) is 27.7 Å². The van der Waals surface area contributed by atoms with Gasteiger partial charge in [0.2, 0.25) is 0 Å². The number of halogens is 1. The molecule has 2 nitrogen and oxygen atoms in total. The molecule has 0 radical (unpaired) electrons. The van der Waals surface area contributed by atoms with Crippen molar-refractivity contribution < 1.29 is 4.39 Å². The van der Waals surface area contributed by atoms with Gasteiger partial charge in [0.05, 0.1) is 0 Å². The lowest BCUT2D eigenvalue weighted by Crippen LogP contribution is -2.23. The summed E-state index contributed by atoms with van der Waals surface area (Å²) in [6.07, 6.45) is 4.88. The number of rotatable bonds is 1. The minimum absolute atomic E-state index is 0.323. The maximum atomic E-state index is 12.3. The van der Waals surface area contributed by atoms with Gasteiger partial charge in [0, 0.05) is 11.9 Å². The van der Waals surface area contributed by atoms with E-state index in [0.717, 1.165) is 25.0 Å². The van der Waals surface area contributed by atoms with Gasteiger partial charge in [0.1, 0.15) is 6.67 Å². The average Bonchev–Trinajstić information content (AvgIpc) is 2.42. The van der Waals surface area contributed by atoms with Gasteiger partial charge in [0.15, 0.2) is 5.82 Å². The molecular weight excluding hydrogens is 227 g/mol. The van der Waals surface area contributed by atoms with E-state index < -0.39 is 6.67 Å². The second-order valence-corrected chi connectivity index (χ2v) is 4.73. The van der Waals surface area contributed by atoms with E-state index in [0.29, 0.717) is 11.2 Å². The Morgan fingerprint density at radius 3 is 2.39 bits per heavy atom. The minimum Gasteiger partial charge on any atom is -0.242 e. The highest BCUT2D eigenvalue weighted by molar-refractivity contribution is 5.22. The molecule has 2 rings (SSSR count). The molecule has 1 heterocycles. The summed E-state index contributed by atoms with van der Waals surface area (Å²) in [5, 5.41) is 0. The maximum absolute atomic E-state index is 12.3. The molecule has 1 aliphatic rings. The van der Waals surface area contributed by atoms with Gasteiger partial charge in [-0.05, 0) is 30.2 Å². The van der Waals surface area contributed by atoms with Crippen LogP contribution in [-0.4, -0.2) is 9.97 Å². The van der Waals surface area contributed by atoms with Crippen LogP contribution >= 0.6 is 0 Å². The van der Waals surface area contributed by atoms with E-state index >= 15 is 0 Å². The number of fused-ring (bicyclic) bond motifs is 1. The van der Waals surface area contributed by atoms with Gasteiger partial charge in [-0.3, -0.25) is 0 Å². The number of nitrogens with zero attached hydrogens (tertiary/aromatic N) is 2. The quantitative estimate of drug-likeness (QED) is 0.736. The molecule has 0 amide bonds. The number of hydrogen-bond donors (Lipinski definition) is 0. The predicted octanol–water partition coefficient (Wildman–Crippen LogP) is 4.51. The third-order valence-corrected chi connectivity index (χ3v) is 2.83. The van der Waals surface area contributed by atoms with E-state index in [2.05, 4.69) is 23.8 Å². The van der Waals surface area contributed by atoms with Crippen molar-refractivity contribution in [1.82, 2.24) is 9.97 Å². The van der Waals surface area contributed by atoms with E-state index in [4.69, 9.17) is 0 Å². The highest BCUT2D eigenvalue weighted by Crippen LogP contribution is 2.33. The van der Waals surface area contributed by atoms with Crippen LogP contribution in [0.15, 0.2) is 6.20 Å². The molecule has 0 aliphatic heterocycles. The Balaban J connectivity index is 0.000000659. The SMILES string of the molecule is CC.CC.CC1(C)CCc2nc(CF)ncc2C1. The predicted molar refractivity (Wildman–Crippen MR) is 75.3 cm³/mol. The fourth-order valence-corrected chi connectivity index (χ4v) is 1.97. The normalized spacial score (nSPS) is 15.5. The Morgan fingerprint density at radius 1 is 1.22 bits per heavy atom. The molecular formula is C15H27FN2. The second kappa shape index (κ2) is 8.17. The molecule has 1 aromatic rings. The fourth-order valence-electron chi connectivity index (χ4n) is 1.97. The number of alkyl halides is 1. The van der Waals surface area contributed by atoms with Crippen molar-refractivity contribution in [3.63, 3.8) is 0 Å². The minimum atomic E-state index is -0.559. The third-order valence-electron chi connectivity index (χ3n) is 2.83. The first-order chi connectivity index (χ1) is 8.61. The first-order valence-electron chi connectivity index (χ1n) is 7.00. The smallest absolute Gasteiger partial charge is 0.159 e. The van der Waals surface area contributed by atoms with Crippen molar-refractivity contribution in [2.75, 3.05) is 0 Å². The standard InChI is InChI=1S/C11H15FN2.2C2H6/c1-11(2)4-3-9-8(5-11)7-13-10(6-12)14-9;2*1-2/h7H,3-6H2,1-2H3;2*1-2H3. The van der Waals surface area contributed by atoms with Gasteiger partial charge in [-0.1, -0.05) is 41.5 Å². The van der Waals surface area contributed by atoms with Crippen LogP contribution in [0.25, 0.3) is 0 Å². The molecule has 0 bridgehead atoms. The fraction of sp³-hybridized carbons (Fsp3) is 0.733. The Hall–Kier alpha value is -0.990. The first-order valence-corrected chi connectivity index (χ1v) is 7.00. The molecule has 0 N–H and O–H groups in total. The van der Waals surface area contributed by atoms with Crippen molar-refractivity contribution in [3.05, 3.63) is 23.3 Å². The van der Waals surface area contributed by atoms with Gasteiger partial charge >= 0.3 is 0 Å². The summed E-state index contributed by atoms with van der Waals surface area (Å²) in [5.41, 5.74) is 2.58. The molecule has 3 heteroatoms. The highest BCUT2D eigenvalue weighted by Gasteiger charge is 2.26. The van der Waals surface area contributed by atoms with E-state index in [9.17, 15) is 4.39 Å². The Labute approximate surface area is 111 Å². The van der Waals surface area contributed by atoms with Gasteiger partial charge < -0.3 is 0 Å². The topological polar surface area (TPSA) is 25.8 Å². The zero-order chi connectivity index (χ0) is 14.2. The maximum Gasteiger partial charge on any atom is 0.159 e. The van der Waals surface area contributed by atoms with Crippen molar-refractivity contribution >= 4 is 0 Å². The Bertz CT molecular complexity index is 348. The summed E-state index contributed by atoms with van der Waals surface area (Å²) in [7, 11) is 0. The van der Waals surface area contributed by atoms with Crippen LogP contribution in [0.5, 0.6) is 0 Å². The first kappa shape index (κ1) is 17.0. The Morgan fingerprint density at radius 2 is 1.83 bits per heavy atom. The monoisotopic (exact) mass is 254 g/mol. The molecule has 0 saturated carbocycles. The lowest BCUT2D eigenvalue weighted by Gasteiger charge is -2.30. The van der Waals surface area contributed by atoms with Crippen LogP contribution in [0, 0.1) is 5.41 Å². The molecule has 1 aromatic heterocycles. The Kier molecular flexibility index (Phi) is 7.72. The molecule has 0 fully saturated rings. The number of hydrogen-bond acceptors (Lipinski definition) is 2.